The summed E-state index contributed by atoms with van der Waals surface area (Å²) in [6.07, 6.45) is 3.96. The van der Waals surface area contributed by atoms with Crippen LogP contribution in [0.25, 0.3) is 17.0 Å². The Morgan fingerprint density at radius 3 is 2.67 bits per heavy atom. The Labute approximate surface area is 123 Å². The van der Waals surface area contributed by atoms with E-state index < -0.39 is 0 Å². The number of benzene rings is 1. The molecule has 0 spiro atoms. The zero-order valence-corrected chi connectivity index (χ0v) is 12.3. The van der Waals surface area contributed by atoms with E-state index in [1.165, 1.54) is 0 Å². The summed E-state index contributed by atoms with van der Waals surface area (Å²) in [7, 11) is 0. The fourth-order valence-corrected chi connectivity index (χ4v) is 2.14. The number of fused-ring (bicyclic) bond motifs is 1. The molecule has 2 aromatic heterocycles. The lowest BCUT2D eigenvalue weighted by Gasteiger charge is -2.06. The number of hydrogen-bond acceptors (Lipinski definition) is 4. The van der Waals surface area contributed by atoms with Gasteiger partial charge in [0.1, 0.15) is 5.75 Å². The first-order chi connectivity index (χ1) is 10.3. The van der Waals surface area contributed by atoms with Gasteiger partial charge in [0.25, 0.3) is 0 Å². The maximum absolute atomic E-state index is 5.67. The highest BCUT2D eigenvalue weighted by molar-refractivity contribution is 5.60. The van der Waals surface area contributed by atoms with Crippen molar-refractivity contribution in [2.75, 3.05) is 6.61 Å². The van der Waals surface area contributed by atoms with Crippen LogP contribution in [0, 0.1) is 6.92 Å². The molecule has 108 valence electrons. The highest BCUT2D eigenvalue weighted by atomic mass is 16.5. The van der Waals surface area contributed by atoms with Crippen molar-refractivity contribution in [3.05, 3.63) is 42.1 Å². The maximum Gasteiger partial charge on any atom is 0.185 e. The Hall–Kier alpha value is -2.43. The fraction of sp³-hybridized carbons (Fsp3) is 0.312. The lowest BCUT2D eigenvalue weighted by atomic mass is 10.2. The van der Waals surface area contributed by atoms with Crippen LogP contribution < -0.4 is 4.74 Å². The molecular weight excluding hydrogens is 264 g/mol. The van der Waals surface area contributed by atoms with Crippen LogP contribution in [0.2, 0.25) is 0 Å². The van der Waals surface area contributed by atoms with Crippen molar-refractivity contribution in [2.45, 2.75) is 26.7 Å². The second kappa shape index (κ2) is 5.91. The van der Waals surface area contributed by atoms with E-state index in [2.05, 4.69) is 22.2 Å². The smallest absolute Gasteiger partial charge is 0.185 e. The van der Waals surface area contributed by atoms with Gasteiger partial charge in [-0.15, -0.1) is 10.2 Å². The molecule has 0 saturated heterocycles. The molecule has 0 aliphatic heterocycles. The molecule has 0 N–H and O–H groups in total. The monoisotopic (exact) mass is 282 g/mol. The molecule has 0 fully saturated rings. The molecule has 21 heavy (non-hydrogen) atoms. The van der Waals surface area contributed by atoms with Crippen LogP contribution >= 0.6 is 0 Å². The molecule has 0 saturated carbocycles. The van der Waals surface area contributed by atoms with Crippen molar-refractivity contribution in [2.24, 2.45) is 0 Å². The van der Waals surface area contributed by atoms with Crippen molar-refractivity contribution >= 4 is 5.65 Å². The molecule has 0 bridgehead atoms. The van der Waals surface area contributed by atoms with E-state index in [9.17, 15) is 0 Å². The third-order valence-corrected chi connectivity index (χ3v) is 3.38. The minimum atomic E-state index is 0.744. The van der Waals surface area contributed by atoms with Gasteiger partial charge in [-0.25, -0.2) is 0 Å². The molecular formula is C16H18N4O. The Bertz CT molecular complexity index is 734. The van der Waals surface area contributed by atoms with Crippen LogP contribution in [0.15, 0.2) is 36.5 Å². The first-order valence-corrected chi connectivity index (χ1v) is 7.20. The van der Waals surface area contributed by atoms with Gasteiger partial charge in [-0.05, 0) is 49.2 Å². The number of nitrogens with zero attached hydrogens (tertiary/aromatic N) is 4. The van der Waals surface area contributed by atoms with Gasteiger partial charge in [0.2, 0.25) is 0 Å². The van der Waals surface area contributed by atoms with E-state index in [0.29, 0.717) is 0 Å². The Morgan fingerprint density at radius 1 is 1.10 bits per heavy atom. The molecule has 2 heterocycles. The van der Waals surface area contributed by atoms with Crippen LogP contribution in [0.4, 0.5) is 0 Å². The zero-order valence-electron chi connectivity index (χ0n) is 12.3. The predicted octanol–water partition coefficient (Wildman–Crippen LogP) is 3.28. The molecule has 0 amide bonds. The summed E-state index contributed by atoms with van der Waals surface area (Å²) in [5.74, 6) is 1.62. The number of aryl methyl sites for hydroxylation is 1. The number of unbranched alkanes of at least 4 members (excludes halogenated alkanes) is 1. The Morgan fingerprint density at radius 2 is 1.90 bits per heavy atom. The average molecular weight is 282 g/mol. The second-order valence-electron chi connectivity index (χ2n) is 5.00. The average Bonchev–Trinajstić information content (AvgIpc) is 2.94. The summed E-state index contributed by atoms with van der Waals surface area (Å²) in [4.78, 5) is 0. The molecule has 0 atom stereocenters. The molecule has 0 aliphatic rings. The topological polar surface area (TPSA) is 52.3 Å². The lowest BCUT2D eigenvalue weighted by molar-refractivity contribution is 0.309. The zero-order chi connectivity index (χ0) is 14.7. The molecule has 3 rings (SSSR count). The van der Waals surface area contributed by atoms with E-state index >= 15 is 0 Å². The summed E-state index contributed by atoms with van der Waals surface area (Å²) in [5, 5.41) is 12.8. The molecule has 5 nitrogen and oxygen atoms in total. The van der Waals surface area contributed by atoms with Crippen LogP contribution in [0.3, 0.4) is 0 Å². The van der Waals surface area contributed by atoms with Crippen LogP contribution in [0.1, 0.15) is 25.3 Å². The fourth-order valence-electron chi connectivity index (χ4n) is 2.14. The highest BCUT2D eigenvalue weighted by Crippen LogP contribution is 2.21. The first kappa shape index (κ1) is 13.5. The summed E-state index contributed by atoms with van der Waals surface area (Å²) in [5.41, 5.74) is 2.82. The van der Waals surface area contributed by atoms with Crippen molar-refractivity contribution < 1.29 is 4.74 Å². The minimum Gasteiger partial charge on any atom is -0.494 e. The Balaban J connectivity index is 1.87. The second-order valence-corrected chi connectivity index (χ2v) is 5.00. The molecule has 0 aliphatic carbocycles. The van der Waals surface area contributed by atoms with Gasteiger partial charge in [0, 0.05) is 11.8 Å². The van der Waals surface area contributed by atoms with Crippen molar-refractivity contribution in [3.63, 3.8) is 0 Å². The van der Waals surface area contributed by atoms with Gasteiger partial charge in [0.05, 0.1) is 6.61 Å². The van der Waals surface area contributed by atoms with Gasteiger partial charge >= 0.3 is 0 Å². The molecule has 1 aromatic carbocycles. The van der Waals surface area contributed by atoms with E-state index in [0.717, 1.165) is 47.8 Å². The van der Waals surface area contributed by atoms with Crippen molar-refractivity contribution in [1.82, 2.24) is 19.8 Å². The normalized spacial score (nSPS) is 11.0. The van der Waals surface area contributed by atoms with Gasteiger partial charge in [-0.2, -0.15) is 9.61 Å². The third kappa shape index (κ3) is 2.72. The summed E-state index contributed by atoms with van der Waals surface area (Å²) < 4.78 is 7.43. The van der Waals surface area contributed by atoms with Gasteiger partial charge < -0.3 is 4.74 Å². The van der Waals surface area contributed by atoms with Gasteiger partial charge in [-0.3, -0.25) is 0 Å². The SMILES string of the molecule is CCCCOc1ccc(-c2nnc3c(C)ccnn23)cc1. The van der Waals surface area contributed by atoms with E-state index in [4.69, 9.17) is 4.74 Å². The summed E-state index contributed by atoms with van der Waals surface area (Å²) >= 11 is 0. The molecule has 3 aromatic rings. The Kier molecular flexibility index (Phi) is 3.81. The van der Waals surface area contributed by atoms with E-state index in [1.54, 1.807) is 10.7 Å². The largest absolute Gasteiger partial charge is 0.494 e. The third-order valence-electron chi connectivity index (χ3n) is 3.38. The molecule has 5 heteroatoms. The summed E-state index contributed by atoms with van der Waals surface area (Å²) in [6.45, 7) is 4.91. The van der Waals surface area contributed by atoms with Gasteiger partial charge in [-0.1, -0.05) is 13.3 Å². The van der Waals surface area contributed by atoms with E-state index in [1.807, 2.05) is 37.3 Å². The van der Waals surface area contributed by atoms with Crippen LogP contribution in [-0.4, -0.2) is 26.4 Å². The number of aromatic nitrogens is 4. The maximum atomic E-state index is 5.67. The van der Waals surface area contributed by atoms with Crippen molar-refractivity contribution in [3.8, 4) is 17.1 Å². The number of ether oxygens (including phenoxy) is 1. The minimum absolute atomic E-state index is 0.744. The van der Waals surface area contributed by atoms with Crippen LogP contribution in [-0.2, 0) is 0 Å². The summed E-state index contributed by atoms with van der Waals surface area (Å²) in [6, 6.07) is 9.83. The highest BCUT2D eigenvalue weighted by Gasteiger charge is 2.10. The predicted molar refractivity (Wildman–Crippen MR) is 81.4 cm³/mol. The lowest BCUT2D eigenvalue weighted by Crippen LogP contribution is -1.97. The van der Waals surface area contributed by atoms with Crippen LogP contribution in [0.5, 0.6) is 5.75 Å². The molecule has 0 unspecified atom stereocenters. The number of rotatable bonds is 5. The first-order valence-electron chi connectivity index (χ1n) is 7.20. The molecule has 0 radical (unpaired) electrons. The van der Waals surface area contributed by atoms with E-state index in [-0.39, 0.29) is 0 Å². The number of hydrogen-bond donors (Lipinski definition) is 0. The van der Waals surface area contributed by atoms with Crippen molar-refractivity contribution in [1.29, 1.82) is 0 Å². The quantitative estimate of drug-likeness (QED) is 0.674. The van der Waals surface area contributed by atoms with Gasteiger partial charge in [0.15, 0.2) is 11.5 Å². The standard InChI is InChI=1S/C16H18N4O/c1-3-4-11-21-14-7-5-13(6-8-14)16-19-18-15-12(2)9-10-17-20(15)16/h5-10H,3-4,11H2,1-2H3.